The van der Waals surface area contributed by atoms with Crippen molar-refractivity contribution in [3.63, 3.8) is 0 Å². The Hall–Kier alpha value is -5.22. The third-order valence-electron chi connectivity index (χ3n) is 9.06. The predicted octanol–water partition coefficient (Wildman–Crippen LogP) is 10.1. The number of pyridine rings is 4. The molecule has 0 amide bonds. The molecular weight excluding hydrogens is 536 g/mol. The second kappa shape index (κ2) is 10.8. The van der Waals surface area contributed by atoms with E-state index in [0.717, 1.165) is 45.0 Å². The number of hydrogen-bond acceptors (Lipinski definition) is 4. The summed E-state index contributed by atoms with van der Waals surface area (Å²) >= 11 is 0. The molecule has 4 heteroatoms. The second-order valence-electron chi connectivity index (χ2n) is 11.8. The Kier molecular flexibility index (Phi) is 6.78. The first-order valence-electron chi connectivity index (χ1n) is 15.1. The largest absolute Gasteiger partial charge is 0.254 e. The van der Waals surface area contributed by atoms with Gasteiger partial charge in [-0.2, -0.15) is 0 Å². The van der Waals surface area contributed by atoms with Crippen LogP contribution < -0.4 is 0 Å². The van der Waals surface area contributed by atoms with Gasteiger partial charge < -0.3 is 0 Å². The van der Waals surface area contributed by atoms with Gasteiger partial charge in [0.05, 0.1) is 22.8 Å². The van der Waals surface area contributed by atoms with E-state index in [0.29, 0.717) is 0 Å². The van der Waals surface area contributed by atoms with Crippen molar-refractivity contribution in [3.8, 4) is 45.0 Å². The Morgan fingerprint density at radius 3 is 1.09 bits per heavy atom. The van der Waals surface area contributed by atoms with Crippen molar-refractivity contribution in [2.24, 2.45) is 0 Å². The zero-order valence-corrected chi connectivity index (χ0v) is 26.0. The summed E-state index contributed by atoms with van der Waals surface area (Å²) in [6, 6.07) is 26.0. The lowest BCUT2D eigenvalue weighted by Crippen LogP contribution is -1.98. The molecule has 0 saturated heterocycles. The molecule has 0 bridgehead atoms. The van der Waals surface area contributed by atoms with Gasteiger partial charge in [-0.15, -0.1) is 0 Å². The molecule has 0 aliphatic carbocycles. The van der Waals surface area contributed by atoms with E-state index in [1.807, 2.05) is 36.9 Å². The standard InChI is InChI=1S/C40H34N4/c1-23-15-17-41-39(27(23)5)37-25(3)19-29(21-43-37)35-31-11-7-9-13-33(31)36(34-14-10-8-12-32(34)35)30-20-26(4)38(44-22-30)40-28(6)24(2)16-18-42-40/h7-22H,1-6H3. The number of aromatic nitrogens is 4. The van der Waals surface area contributed by atoms with Crippen LogP contribution in [-0.4, -0.2) is 19.9 Å². The van der Waals surface area contributed by atoms with Crippen LogP contribution >= 0.6 is 0 Å². The van der Waals surface area contributed by atoms with E-state index in [-0.39, 0.29) is 0 Å². The van der Waals surface area contributed by atoms with Crippen LogP contribution in [0.2, 0.25) is 0 Å². The summed E-state index contributed by atoms with van der Waals surface area (Å²) in [4.78, 5) is 19.4. The molecule has 7 aromatic rings. The average Bonchev–Trinajstić information content (AvgIpc) is 3.03. The van der Waals surface area contributed by atoms with Gasteiger partial charge in [-0.1, -0.05) is 48.5 Å². The third kappa shape index (κ3) is 4.46. The Morgan fingerprint density at radius 1 is 0.386 bits per heavy atom. The quantitative estimate of drug-likeness (QED) is 0.198. The molecule has 44 heavy (non-hydrogen) atoms. The number of fused-ring (bicyclic) bond motifs is 2. The van der Waals surface area contributed by atoms with Gasteiger partial charge in [-0.25, -0.2) is 0 Å². The first-order valence-corrected chi connectivity index (χ1v) is 15.1. The van der Waals surface area contributed by atoms with Gasteiger partial charge >= 0.3 is 0 Å². The highest BCUT2D eigenvalue weighted by atomic mass is 14.8. The van der Waals surface area contributed by atoms with Crippen molar-refractivity contribution in [2.45, 2.75) is 41.5 Å². The Bertz CT molecular complexity index is 2030. The molecule has 0 atom stereocenters. The van der Waals surface area contributed by atoms with Crippen molar-refractivity contribution in [1.29, 1.82) is 0 Å². The molecule has 4 nitrogen and oxygen atoms in total. The van der Waals surface area contributed by atoms with Crippen LogP contribution in [0.3, 0.4) is 0 Å². The average molecular weight is 571 g/mol. The molecule has 0 saturated carbocycles. The highest BCUT2D eigenvalue weighted by Crippen LogP contribution is 2.44. The summed E-state index contributed by atoms with van der Waals surface area (Å²) in [6.45, 7) is 12.7. The Morgan fingerprint density at radius 2 is 0.750 bits per heavy atom. The normalized spacial score (nSPS) is 11.4. The van der Waals surface area contributed by atoms with Gasteiger partial charge in [0.15, 0.2) is 0 Å². The Labute approximate surface area is 258 Å². The number of rotatable bonds is 4. The van der Waals surface area contributed by atoms with Gasteiger partial charge in [0, 0.05) is 35.9 Å². The van der Waals surface area contributed by atoms with Crippen LogP contribution in [0.15, 0.2) is 97.6 Å². The van der Waals surface area contributed by atoms with Gasteiger partial charge in [0.25, 0.3) is 0 Å². The minimum Gasteiger partial charge on any atom is -0.254 e. The van der Waals surface area contributed by atoms with E-state index < -0.39 is 0 Å². The fourth-order valence-corrected chi connectivity index (χ4v) is 6.41. The monoisotopic (exact) mass is 570 g/mol. The van der Waals surface area contributed by atoms with Gasteiger partial charge in [0.1, 0.15) is 0 Å². The van der Waals surface area contributed by atoms with Gasteiger partial charge in [-0.3, -0.25) is 19.9 Å². The fraction of sp³-hybridized carbons (Fsp3) is 0.150. The molecule has 0 unspecified atom stereocenters. The summed E-state index contributed by atoms with van der Waals surface area (Å²) in [5, 5.41) is 4.77. The maximum absolute atomic E-state index is 5.01. The molecule has 0 aliphatic rings. The summed E-state index contributed by atoms with van der Waals surface area (Å²) in [7, 11) is 0. The molecule has 214 valence electrons. The minimum atomic E-state index is 0.931. The molecule has 7 rings (SSSR count). The lowest BCUT2D eigenvalue weighted by atomic mass is 9.86. The topological polar surface area (TPSA) is 51.6 Å². The van der Waals surface area contributed by atoms with Crippen LogP contribution in [0.4, 0.5) is 0 Å². The maximum atomic E-state index is 5.01. The molecule has 3 aromatic carbocycles. The van der Waals surface area contributed by atoms with E-state index in [9.17, 15) is 0 Å². The molecular formula is C40H34N4. The number of hydrogen-bond donors (Lipinski definition) is 0. The highest BCUT2D eigenvalue weighted by Gasteiger charge is 2.19. The van der Waals surface area contributed by atoms with E-state index in [4.69, 9.17) is 9.97 Å². The minimum absolute atomic E-state index is 0.931. The van der Waals surface area contributed by atoms with E-state index in [2.05, 4.69) is 112 Å². The van der Waals surface area contributed by atoms with Crippen LogP contribution in [-0.2, 0) is 0 Å². The number of nitrogens with zero attached hydrogens (tertiary/aromatic N) is 4. The summed E-state index contributed by atoms with van der Waals surface area (Å²) in [5.74, 6) is 0. The second-order valence-corrected chi connectivity index (χ2v) is 11.8. The first kappa shape index (κ1) is 27.6. The predicted molar refractivity (Wildman–Crippen MR) is 183 cm³/mol. The van der Waals surface area contributed by atoms with E-state index in [1.165, 1.54) is 54.9 Å². The summed E-state index contributed by atoms with van der Waals surface area (Å²) < 4.78 is 0. The van der Waals surface area contributed by atoms with Crippen molar-refractivity contribution < 1.29 is 0 Å². The molecule has 0 aliphatic heterocycles. The van der Waals surface area contributed by atoms with Gasteiger partial charge in [-0.05, 0) is 132 Å². The van der Waals surface area contributed by atoms with Crippen molar-refractivity contribution >= 4 is 21.5 Å². The first-order chi connectivity index (χ1) is 21.3. The SMILES string of the molecule is Cc1cc(-c2c3ccccc3c(-c3cnc(-c4nccc(C)c4C)c(C)c3)c3ccccc23)cnc1-c1nccc(C)c1C. The van der Waals surface area contributed by atoms with Crippen LogP contribution in [0, 0.1) is 41.5 Å². The zero-order chi connectivity index (χ0) is 30.5. The number of aryl methyl sites for hydroxylation is 4. The Balaban J connectivity index is 1.44. The van der Waals surface area contributed by atoms with Crippen LogP contribution in [0.25, 0.3) is 66.6 Å². The van der Waals surface area contributed by atoms with Crippen molar-refractivity contribution in [2.75, 3.05) is 0 Å². The molecule has 0 radical (unpaired) electrons. The summed E-state index contributed by atoms with van der Waals surface area (Å²) in [6.07, 6.45) is 7.76. The summed E-state index contributed by atoms with van der Waals surface area (Å²) in [5.41, 5.74) is 15.3. The van der Waals surface area contributed by atoms with Crippen LogP contribution in [0.1, 0.15) is 33.4 Å². The smallest absolute Gasteiger partial charge is 0.0920 e. The van der Waals surface area contributed by atoms with Crippen molar-refractivity contribution in [1.82, 2.24) is 19.9 Å². The fourth-order valence-electron chi connectivity index (χ4n) is 6.41. The van der Waals surface area contributed by atoms with Crippen LogP contribution in [0.5, 0.6) is 0 Å². The molecule has 0 fully saturated rings. The maximum Gasteiger partial charge on any atom is 0.0920 e. The lowest BCUT2D eigenvalue weighted by molar-refractivity contribution is 1.17. The van der Waals surface area contributed by atoms with E-state index >= 15 is 0 Å². The zero-order valence-electron chi connectivity index (χ0n) is 26.0. The molecule has 0 N–H and O–H groups in total. The molecule has 4 aromatic heterocycles. The number of benzene rings is 3. The van der Waals surface area contributed by atoms with Gasteiger partial charge in [0.2, 0.25) is 0 Å². The van der Waals surface area contributed by atoms with E-state index in [1.54, 1.807) is 0 Å². The molecule has 4 heterocycles. The highest BCUT2D eigenvalue weighted by molar-refractivity contribution is 6.21. The lowest BCUT2D eigenvalue weighted by Gasteiger charge is -2.19. The molecule has 0 spiro atoms. The third-order valence-corrected chi connectivity index (χ3v) is 9.06. The van der Waals surface area contributed by atoms with Crippen molar-refractivity contribution in [3.05, 3.63) is 131 Å².